The normalized spacial score (nSPS) is 10.1. The van der Waals surface area contributed by atoms with E-state index in [4.69, 9.17) is 14.6 Å². The van der Waals surface area contributed by atoms with Crippen molar-refractivity contribution in [3.8, 4) is 11.5 Å². The van der Waals surface area contributed by atoms with Crippen LogP contribution in [0, 0.1) is 0 Å². The van der Waals surface area contributed by atoms with E-state index in [2.05, 4.69) is 10.6 Å². The van der Waals surface area contributed by atoms with Crippen molar-refractivity contribution in [3.05, 3.63) is 53.6 Å². The molecule has 0 saturated heterocycles. The number of aliphatic carboxylic acids is 1. The monoisotopic (exact) mass is 386 g/mol. The zero-order valence-electron chi connectivity index (χ0n) is 15.7. The van der Waals surface area contributed by atoms with E-state index < -0.39 is 11.9 Å². The van der Waals surface area contributed by atoms with Gasteiger partial charge in [0.15, 0.2) is 11.5 Å². The number of benzene rings is 2. The van der Waals surface area contributed by atoms with Gasteiger partial charge >= 0.3 is 5.97 Å². The molecule has 148 valence electrons. The number of nitrogens with one attached hydrogen (secondary N) is 2. The first-order valence-corrected chi connectivity index (χ1v) is 8.58. The molecule has 0 atom stereocenters. The zero-order valence-corrected chi connectivity index (χ0v) is 15.7. The van der Waals surface area contributed by atoms with Crippen LogP contribution in [0.25, 0.3) is 0 Å². The van der Waals surface area contributed by atoms with Gasteiger partial charge in [0, 0.05) is 24.6 Å². The third kappa shape index (κ3) is 5.47. The quantitative estimate of drug-likeness (QED) is 0.571. The molecule has 0 radical (unpaired) electrons. The Morgan fingerprint density at radius 1 is 0.964 bits per heavy atom. The number of rotatable bonds is 9. The van der Waals surface area contributed by atoms with E-state index in [1.165, 1.54) is 26.4 Å². The summed E-state index contributed by atoms with van der Waals surface area (Å²) in [5, 5.41) is 14.0. The van der Waals surface area contributed by atoms with E-state index in [-0.39, 0.29) is 30.1 Å². The van der Waals surface area contributed by atoms with E-state index >= 15 is 0 Å². The lowest BCUT2D eigenvalue weighted by Gasteiger charge is -2.16. The molecule has 2 rings (SSSR count). The highest BCUT2D eigenvalue weighted by molar-refractivity contribution is 6.09. The van der Waals surface area contributed by atoms with Crippen molar-refractivity contribution in [2.45, 2.75) is 12.8 Å². The molecule has 0 aliphatic heterocycles. The second-order valence-corrected chi connectivity index (χ2v) is 5.83. The molecule has 0 heterocycles. The number of anilines is 1. The van der Waals surface area contributed by atoms with Crippen molar-refractivity contribution in [2.75, 3.05) is 26.1 Å². The zero-order chi connectivity index (χ0) is 20.5. The minimum absolute atomic E-state index is 0.0518. The number of carbonyl (C=O) groups excluding carboxylic acids is 2. The molecule has 0 spiro atoms. The Hall–Kier alpha value is -3.55. The van der Waals surface area contributed by atoms with Crippen molar-refractivity contribution in [1.29, 1.82) is 0 Å². The number of amides is 2. The first-order valence-electron chi connectivity index (χ1n) is 8.58. The summed E-state index contributed by atoms with van der Waals surface area (Å²) in [5.74, 6) is -1.09. The van der Waals surface area contributed by atoms with Gasteiger partial charge in [-0.05, 0) is 24.6 Å². The van der Waals surface area contributed by atoms with Crippen LogP contribution in [-0.2, 0) is 4.79 Å². The van der Waals surface area contributed by atoms with Crippen LogP contribution >= 0.6 is 0 Å². The van der Waals surface area contributed by atoms with Crippen molar-refractivity contribution < 1.29 is 29.0 Å². The maximum absolute atomic E-state index is 12.6. The van der Waals surface area contributed by atoms with Crippen molar-refractivity contribution in [1.82, 2.24) is 5.32 Å². The molecule has 0 aliphatic carbocycles. The number of hydrogen-bond donors (Lipinski definition) is 3. The summed E-state index contributed by atoms with van der Waals surface area (Å²) in [7, 11) is 2.89. The van der Waals surface area contributed by atoms with E-state index in [0.717, 1.165) is 0 Å². The minimum atomic E-state index is -0.934. The maximum Gasteiger partial charge on any atom is 0.303 e. The first kappa shape index (κ1) is 20.8. The van der Waals surface area contributed by atoms with Gasteiger partial charge in [-0.15, -0.1) is 0 Å². The molecule has 0 fully saturated rings. The predicted molar refractivity (Wildman–Crippen MR) is 103 cm³/mol. The summed E-state index contributed by atoms with van der Waals surface area (Å²) in [6.45, 7) is 0.186. The second kappa shape index (κ2) is 9.96. The standard InChI is InChI=1S/C20H22N2O6/c1-27-16-11-14(20(26)21-10-6-9-18(23)24)15(12-17(16)28-2)22-19(25)13-7-4-3-5-8-13/h3-5,7-8,11-12H,6,9-10H2,1-2H3,(H,21,26)(H,22,25)(H,23,24). The minimum Gasteiger partial charge on any atom is -0.493 e. The van der Waals surface area contributed by atoms with E-state index in [1.807, 2.05) is 0 Å². The van der Waals surface area contributed by atoms with E-state index in [0.29, 0.717) is 23.5 Å². The number of methoxy groups -OCH3 is 2. The summed E-state index contributed by atoms with van der Waals surface area (Å²) in [6.07, 6.45) is 0.240. The van der Waals surface area contributed by atoms with Crippen LogP contribution in [0.1, 0.15) is 33.6 Å². The molecule has 28 heavy (non-hydrogen) atoms. The molecule has 0 unspecified atom stereocenters. The number of carbonyl (C=O) groups is 3. The molecule has 8 nitrogen and oxygen atoms in total. The van der Waals surface area contributed by atoms with Crippen LogP contribution in [0.5, 0.6) is 11.5 Å². The van der Waals surface area contributed by atoms with E-state index in [9.17, 15) is 14.4 Å². The lowest BCUT2D eigenvalue weighted by Crippen LogP contribution is -2.26. The van der Waals surface area contributed by atoms with E-state index in [1.54, 1.807) is 30.3 Å². The van der Waals surface area contributed by atoms with Gasteiger partial charge in [0.05, 0.1) is 25.5 Å². The molecule has 3 N–H and O–H groups in total. The number of hydrogen-bond acceptors (Lipinski definition) is 5. The van der Waals surface area contributed by atoms with Gasteiger partial charge < -0.3 is 25.2 Å². The highest BCUT2D eigenvalue weighted by Crippen LogP contribution is 2.33. The molecule has 2 aromatic rings. The molecule has 8 heteroatoms. The van der Waals surface area contributed by atoms with Gasteiger partial charge in [-0.2, -0.15) is 0 Å². The van der Waals surface area contributed by atoms with Crippen LogP contribution in [-0.4, -0.2) is 43.7 Å². The molecule has 2 aromatic carbocycles. The maximum atomic E-state index is 12.6. The Morgan fingerprint density at radius 2 is 1.61 bits per heavy atom. The Kier molecular flexibility index (Phi) is 7.38. The van der Waals surface area contributed by atoms with Crippen LogP contribution in [0.15, 0.2) is 42.5 Å². The molecule has 2 amide bonds. The molecular weight excluding hydrogens is 364 g/mol. The smallest absolute Gasteiger partial charge is 0.303 e. The van der Waals surface area contributed by atoms with Crippen LogP contribution in [0.3, 0.4) is 0 Å². The fourth-order valence-corrected chi connectivity index (χ4v) is 2.49. The second-order valence-electron chi connectivity index (χ2n) is 5.83. The van der Waals surface area contributed by atoms with Crippen molar-refractivity contribution >= 4 is 23.5 Å². The summed E-state index contributed by atoms with van der Waals surface area (Å²) in [4.78, 5) is 35.7. The Bertz CT molecular complexity index is 851. The van der Waals surface area contributed by atoms with Gasteiger partial charge in [0.2, 0.25) is 0 Å². The van der Waals surface area contributed by atoms with Gasteiger partial charge in [0.25, 0.3) is 11.8 Å². The Labute approximate surface area is 162 Å². The molecule has 0 aliphatic rings. The van der Waals surface area contributed by atoms with Crippen molar-refractivity contribution in [2.24, 2.45) is 0 Å². The summed E-state index contributed by atoms with van der Waals surface area (Å²) < 4.78 is 10.5. The van der Waals surface area contributed by atoms with Gasteiger partial charge in [-0.25, -0.2) is 0 Å². The third-order valence-electron chi connectivity index (χ3n) is 3.91. The summed E-state index contributed by atoms with van der Waals surface area (Å²) in [6, 6.07) is 11.5. The van der Waals surface area contributed by atoms with Crippen LogP contribution < -0.4 is 20.1 Å². The third-order valence-corrected chi connectivity index (χ3v) is 3.91. The number of carboxylic acids is 1. The molecule has 0 bridgehead atoms. The lowest BCUT2D eigenvalue weighted by molar-refractivity contribution is -0.137. The number of carboxylic acid groups (broad SMARTS) is 1. The van der Waals surface area contributed by atoms with Gasteiger partial charge in [0.1, 0.15) is 0 Å². The fraction of sp³-hybridized carbons (Fsp3) is 0.250. The Morgan fingerprint density at radius 3 is 2.21 bits per heavy atom. The topological polar surface area (TPSA) is 114 Å². The van der Waals surface area contributed by atoms with Crippen LogP contribution in [0.2, 0.25) is 0 Å². The van der Waals surface area contributed by atoms with Crippen molar-refractivity contribution in [3.63, 3.8) is 0 Å². The summed E-state index contributed by atoms with van der Waals surface area (Å²) >= 11 is 0. The average molecular weight is 386 g/mol. The Balaban J connectivity index is 2.27. The van der Waals surface area contributed by atoms with Gasteiger partial charge in [-0.3, -0.25) is 14.4 Å². The summed E-state index contributed by atoms with van der Waals surface area (Å²) in [5.41, 5.74) is 0.865. The largest absolute Gasteiger partial charge is 0.493 e. The fourth-order valence-electron chi connectivity index (χ4n) is 2.49. The highest BCUT2D eigenvalue weighted by atomic mass is 16.5. The predicted octanol–water partition coefficient (Wildman–Crippen LogP) is 2.55. The highest BCUT2D eigenvalue weighted by Gasteiger charge is 2.19. The SMILES string of the molecule is COc1cc(NC(=O)c2ccccc2)c(C(=O)NCCCC(=O)O)cc1OC. The first-order chi connectivity index (χ1) is 13.5. The lowest BCUT2D eigenvalue weighted by atomic mass is 10.1. The molecule has 0 saturated carbocycles. The molecule has 0 aromatic heterocycles. The number of ether oxygens (including phenoxy) is 2. The van der Waals surface area contributed by atoms with Gasteiger partial charge in [-0.1, -0.05) is 18.2 Å². The average Bonchev–Trinajstić information content (AvgIpc) is 2.71. The molecular formula is C20H22N2O6. The van der Waals surface area contributed by atoms with Crippen LogP contribution in [0.4, 0.5) is 5.69 Å².